The molecule has 5 heteroatoms. The second-order valence-electron chi connectivity index (χ2n) is 10.8. The van der Waals surface area contributed by atoms with Crippen molar-refractivity contribution < 1.29 is 24.9 Å². The number of hydrogen-bond donors (Lipinski definition) is 3. The smallest absolute Gasteiger partial charge is 0.331 e. The van der Waals surface area contributed by atoms with Crippen LogP contribution in [0.4, 0.5) is 0 Å². The van der Waals surface area contributed by atoms with Crippen LogP contribution in [0.3, 0.4) is 0 Å². The molecule has 5 aliphatic rings. The largest absolute Gasteiger partial charge is 0.458 e. The lowest BCUT2D eigenvalue weighted by Crippen LogP contribution is -2.67. The second-order valence-corrected chi connectivity index (χ2v) is 10.8. The minimum atomic E-state index is -0.906. The number of aliphatic hydroxyl groups is 3. The zero-order chi connectivity index (χ0) is 19.9. The van der Waals surface area contributed by atoms with Crippen molar-refractivity contribution in [3.05, 3.63) is 11.6 Å². The van der Waals surface area contributed by atoms with Gasteiger partial charge in [-0.2, -0.15) is 0 Å². The molecular weight excluding hydrogens is 356 g/mol. The van der Waals surface area contributed by atoms with Crippen LogP contribution in [0, 0.1) is 34.5 Å². The van der Waals surface area contributed by atoms with E-state index < -0.39 is 17.1 Å². The topological polar surface area (TPSA) is 87.0 Å². The number of carbonyl (C=O) groups is 1. The lowest BCUT2D eigenvalue weighted by atomic mass is 9.42. The summed E-state index contributed by atoms with van der Waals surface area (Å²) in [6.07, 6.45) is 7.69. The van der Waals surface area contributed by atoms with Gasteiger partial charge in [-0.1, -0.05) is 13.8 Å². The fourth-order valence-electron chi connectivity index (χ4n) is 8.37. The monoisotopic (exact) mass is 390 g/mol. The van der Waals surface area contributed by atoms with Gasteiger partial charge in [0.15, 0.2) is 0 Å². The van der Waals surface area contributed by atoms with Gasteiger partial charge in [0, 0.05) is 11.5 Å². The number of aliphatic hydroxyl groups excluding tert-OH is 2. The van der Waals surface area contributed by atoms with Crippen LogP contribution in [-0.2, 0) is 9.53 Å². The summed E-state index contributed by atoms with van der Waals surface area (Å²) >= 11 is 0. The second kappa shape index (κ2) is 6.05. The van der Waals surface area contributed by atoms with Gasteiger partial charge in [0.1, 0.15) is 6.61 Å². The number of hydrogen-bond acceptors (Lipinski definition) is 5. The Morgan fingerprint density at radius 3 is 2.54 bits per heavy atom. The highest BCUT2D eigenvalue weighted by atomic mass is 16.5. The SMILES string of the molecule is C[C@@]12CC[C@H](O)C[C@@H]1CC[C@H]1[C@@H]2C[C@@H](O)[C@]2(C)[C@@H](C3=CC(=O)OC3)CC[C@]12O. The molecule has 0 spiro atoms. The van der Waals surface area contributed by atoms with Gasteiger partial charge in [0.2, 0.25) is 0 Å². The summed E-state index contributed by atoms with van der Waals surface area (Å²) < 4.78 is 5.16. The number of fused-ring (bicyclic) bond motifs is 5. The molecule has 1 heterocycles. The summed E-state index contributed by atoms with van der Waals surface area (Å²) in [6, 6.07) is 0. The highest BCUT2D eigenvalue weighted by Gasteiger charge is 2.70. The molecule has 4 saturated carbocycles. The first kappa shape index (κ1) is 19.1. The van der Waals surface area contributed by atoms with E-state index in [1.165, 1.54) is 0 Å². The Hall–Kier alpha value is -0.910. The third kappa shape index (κ3) is 2.27. The predicted octanol–water partition coefficient (Wildman–Crippen LogP) is 2.58. The molecular formula is C23H34O5. The first-order valence-corrected chi connectivity index (χ1v) is 11.2. The molecule has 28 heavy (non-hydrogen) atoms. The van der Waals surface area contributed by atoms with E-state index in [9.17, 15) is 20.1 Å². The maximum Gasteiger partial charge on any atom is 0.331 e. The number of cyclic esters (lactones) is 1. The summed E-state index contributed by atoms with van der Waals surface area (Å²) in [7, 11) is 0. The highest BCUT2D eigenvalue weighted by molar-refractivity contribution is 5.85. The zero-order valence-electron chi connectivity index (χ0n) is 17.1. The van der Waals surface area contributed by atoms with Crippen LogP contribution in [0.25, 0.3) is 0 Å². The van der Waals surface area contributed by atoms with Crippen molar-refractivity contribution in [2.45, 2.75) is 83.0 Å². The van der Waals surface area contributed by atoms with Gasteiger partial charge in [-0.05, 0) is 86.0 Å². The Labute approximate surface area is 167 Å². The molecule has 0 aromatic rings. The summed E-state index contributed by atoms with van der Waals surface area (Å²) in [6.45, 7) is 4.69. The van der Waals surface area contributed by atoms with Crippen molar-refractivity contribution in [1.82, 2.24) is 0 Å². The molecule has 5 nitrogen and oxygen atoms in total. The molecule has 9 atom stereocenters. The van der Waals surface area contributed by atoms with Crippen LogP contribution in [0.5, 0.6) is 0 Å². The van der Waals surface area contributed by atoms with Gasteiger partial charge in [-0.3, -0.25) is 0 Å². The Morgan fingerprint density at radius 1 is 1.04 bits per heavy atom. The van der Waals surface area contributed by atoms with Crippen molar-refractivity contribution in [3.8, 4) is 0 Å². The van der Waals surface area contributed by atoms with E-state index in [1.807, 2.05) is 6.92 Å². The molecule has 0 bridgehead atoms. The Morgan fingerprint density at radius 2 is 1.82 bits per heavy atom. The Balaban J connectivity index is 1.51. The average Bonchev–Trinajstić information content (AvgIpc) is 3.19. The number of esters is 1. The van der Waals surface area contributed by atoms with Gasteiger partial charge in [-0.25, -0.2) is 4.79 Å². The summed E-state index contributed by atoms with van der Waals surface area (Å²) in [5, 5.41) is 33.7. The number of ether oxygens (including phenoxy) is 1. The van der Waals surface area contributed by atoms with E-state index in [1.54, 1.807) is 6.08 Å². The minimum Gasteiger partial charge on any atom is -0.458 e. The third-order valence-electron chi connectivity index (χ3n) is 10.0. The van der Waals surface area contributed by atoms with Gasteiger partial charge in [-0.15, -0.1) is 0 Å². The van der Waals surface area contributed by atoms with Crippen molar-refractivity contribution >= 4 is 5.97 Å². The maximum atomic E-state index is 12.1. The van der Waals surface area contributed by atoms with E-state index in [-0.39, 0.29) is 29.3 Å². The molecule has 3 N–H and O–H groups in total. The first-order valence-electron chi connectivity index (χ1n) is 11.2. The molecule has 0 amide bonds. The zero-order valence-corrected chi connectivity index (χ0v) is 17.1. The third-order valence-corrected chi connectivity index (χ3v) is 10.0. The highest BCUT2D eigenvalue weighted by Crippen LogP contribution is 2.69. The Bertz CT molecular complexity index is 718. The molecule has 1 aliphatic heterocycles. The Kier molecular flexibility index (Phi) is 4.12. The van der Waals surface area contributed by atoms with E-state index in [0.29, 0.717) is 31.3 Å². The van der Waals surface area contributed by atoms with Gasteiger partial charge in [0.25, 0.3) is 0 Å². The van der Waals surface area contributed by atoms with Crippen LogP contribution in [-0.4, -0.2) is 45.7 Å². The minimum absolute atomic E-state index is 0.00129. The maximum absolute atomic E-state index is 12.1. The molecule has 0 radical (unpaired) electrons. The molecule has 0 aromatic heterocycles. The fourth-order valence-corrected chi connectivity index (χ4v) is 8.37. The quantitative estimate of drug-likeness (QED) is 0.599. The summed E-state index contributed by atoms with van der Waals surface area (Å²) in [5.41, 5.74) is -0.507. The molecule has 0 unspecified atom stereocenters. The first-order chi connectivity index (χ1) is 13.2. The van der Waals surface area contributed by atoms with Crippen LogP contribution in [0.15, 0.2) is 11.6 Å². The molecule has 156 valence electrons. The van der Waals surface area contributed by atoms with Gasteiger partial charge >= 0.3 is 5.97 Å². The van der Waals surface area contributed by atoms with E-state index in [4.69, 9.17) is 4.74 Å². The number of rotatable bonds is 1. The van der Waals surface area contributed by atoms with Crippen molar-refractivity contribution in [2.75, 3.05) is 6.61 Å². The van der Waals surface area contributed by atoms with Gasteiger partial charge < -0.3 is 20.1 Å². The normalized spacial score (nSPS) is 55.8. The van der Waals surface area contributed by atoms with Crippen LogP contribution in [0.2, 0.25) is 0 Å². The number of carbonyl (C=O) groups excluding carboxylic acids is 1. The van der Waals surface area contributed by atoms with Crippen LogP contribution < -0.4 is 0 Å². The van der Waals surface area contributed by atoms with E-state index >= 15 is 0 Å². The summed E-state index contributed by atoms with van der Waals surface area (Å²) in [5.74, 6) is 0.657. The fraction of sp³-hybridized carbons (Fsp3) is 0.870. The molecule has 0 saturated heterocycles. The average molecular weight is 391 g/mol. The lowest BCUT2D eigenvalue weighted by Gasteiger charge is -2.64. The van der Waals surface area contributed by atoms with Crippen LogP contribution in [0.1, 0.15) is 65.2 Å². The van der Waals surface area contributed by atoms with E-state index in [2.05, 4.69) is 6.92 Å². The predicted molar refractivity (Wildman–Crippen MR) is 103 cm³/mol. The van der Waals surface area contributed by atoms with E-state index in [0.717, 1.165) is 44.1 Å². The van der Waals surface area contributed by atoms with Gasteiger partial charge in [0.05, 0.1) is 17.8 Å². The standard InChI is InChI=1S/C23H34O5/c1-21-7-5-15(24)10-14(21)3-4-17-18(21)11-19(25)22(2)16(6-8-23(17,22)27)13-9-20(26)28-12-13/h9,14-19,24-25,27H,3-8,10-12H2,1-2H3/t14-,15-,16+,17-,18-,19+,21+,22-,23-/m0/s1. The van der Waals surface area contributed by atoms with Crippen LogP contribution >= 0.6 is 0 Å². The molecule has 0 aromatic carbocycles. The van der Waals surface area contributed by atoms with Crippen molar-refractivity contribution in [2.24, 2.45) is 34.5 Å². The molecule has 4 fully saturated rings. The lowest BCUT2D eigenvalue weighted by molar-refractivity contribution is -0.244. The van der Waals surface area contributed by atoms with Crippen molar-refractivity contribution in [3.63, 3.8) is 0 Å². The summed E-state index contributed by atoms with van der Waals surface area (Å²) in [4.78, 5) is 11.6. The molecule has 4 aliphatic carbocycles. The molecule has 5 rings (SSSR count). The van der Waals surface area contributed by atoms with Crippen molar-refractivity contribution in [1.29, 1.82) is 0 Å².